The zero-order valence-electron chi connectivity index (χ0n) is 11.2. The molecule has 0 heterocycles. The maximum Gasteiger partial charge on any atom is 0.185 e. The lowest BCUT2D eigenvalue weighted by Gasteiger charge is -2.02. The predicted octanol–water partition coefficient (Wildman–Crippen LogP) is 4.15. The molecule has 2 nitrogen and oxygen atoms in total. The molecule has 2 aromatic carbocycles. The molecule has 0 saturated heterocycles. The van der Waals surface area contributed by atoms with E-state index in [2.05, 4.69) is 6.58 Å². The molecule has 0 amide bonds. The molecule has 0 spiro atoms. The Bertz CT molecular complexity index is 595. The second-order valence-electron chi connectivity index (χ2n) is 4.23. The van der Waals surface area contributed by atoms with Gasteiger partial charge < -0.3 is 4.74 Å². The summed E-state index contributed by atoms with van der Waals surface area (Å²) in [6.07, 6.45) is 5.08. The van der Waals surface area contributed by atoms with Gasteiger partial charge in [0.1, 0.15) is 12.4 Å². The summed E-state index contributed by atoms with van der Waals surface area (Å²) in [6, 6.07) is 16.8. The molecular weight excluding hydrogens is 248 g/mol. The van der Waals surface area contributed by atoms with E-state index in [1.807, 2.05) is 42.5 Å². The van der Waals surface area contributed by atoms with Crippen molar-refractivity contribution in [1.29, 1.82) is 0 Å². The van der Waals surface area contributed by atoms with E-state index in [9.17, 15) is 4.79 Å². The molecule has 0 aromatic heterocycles. The number of carbonyl (C=O) groups is 1. The molecule has 0 bridgehead atoms. The molecule has 0 fully saturated rings. The van der Waals surface area contributed by atoms with Crippen molar-refractivity contribution in [2.75, 3.05) is 6.61 Å². The first-order valence-corrected chi connectivity index (χ1v) is 6.41. The van der Waals surface area contributed by atoms with Crippen LogP contribution in [0, 0.1) is 0 Å². The Hall–Kier alpha value is -2.61. The largest absolute Gasteiger partial charge is 0.490 e. The van der Waals surface area contributed by atoms with Crippen molar-refractivity contribution in [2.45, 2.75) is 0 Å². The zero-order chi connectivity index (χ0) is 14.2. The highest BCUT2D eigenvalue weighted by Gasteiger charge is 1.99. The maximum absolute atomic E-state index is 11.9. The lowest BCUT2D eigenvalue weighted by Crippen LogP contribution is -1.93. The molecule has 2 rings (SSSR count). The van der Waals surface area contributed by atoms with E-state index in [-0.39, 0.29) is 5.78 Å². The number of allylic oxidation sites excluding steroid dienone is 1. The molecule has 0 atom stereocenters. The average molecular weight is 264 g/mol. The van der Waals surface area contributed by atoms with Crippen molar-refractivity contribution in [3.8, 4) is 5.75 Å². The Morgan fingerprint density at radius 3 is 2.40 bits per heavy atom. The van der Waals surface area contributed by atoms with Crippen molar-refractivity contribution in [2.24, 2.45) is 0 Å². The fraction of sp³-hybridized carbons (Fsp3) is 0.0556. The van der Waals surface area contributed by atoms with Crippen LogP contribution in [0.1, 0.15) is 15.9 Å². The van der Waals surface area contributed by atoms with Crippen molar-refractivity contribution in [1.82, 2.24) is 0 Å². The van der Waals surface area contributed by atoms with E-state index < -0.39 is 0 Å². The molecule has 0 aliphatic carbocycles. The standard InChI is InChI=1S/C18H16O2/c1-2-14-20-17-11-8-15(9-12-17)10-13-18(19)16-6-4-3-5-7-16/h2-13H,1,14H2. The van der Waals surface area contributed by atoms with Crippen LogP contribution in [0.25, 0.3) is 6.08 Å². The van der Waals surface area contributed by atoms with E-state index in [1.54, 1.807) is 30.4 Å². The molecular formula is C18H16O2. The third-order valence-electron chi connectivity index (χ3n) is 2.73. The number of ketones is 1. The topological polar surface area (TPSA) is 26.3 Å². The highest BCUT2D eigenvalue weighted by atomic mass is 16.5. The first-order valence-electron chi connectivity index (χ1n) is 6.41. The summed E-state index contributed by atoms with van der Waals surface area (Å²) in [6.45, 7) is 4.09. The van der Waals surface area contributed by atoms with Gasteiger partial charge in [0.25, 0.3) is 0 Å². The monoisotopic (exact) mass is 264 g/mol. The number of hydrogen-bond acceptors (Lipinski definition) is 2. The van der Waals surface area contributed by atoms with Gasteiger partial charge in [0.2, 0.25) is 0 Å². The number of benzene rings is 2. The summed E-state index contributed by atoms with van der Waals surface area (Å²) in [5.74, 6) is 0.786. The van der Waals surface area contributed by atoms with Gasteiger partial charge in [-0.3, -0.25) is 4.79 Å². The molecule has 0 unspecified atom stereocenters. The van der Waals surface area contributed by atoms with Crippen molar-refractivity contribution >= 4 is 11.9 Å². The summed E-state index contributed by atoms with van der Waals surface area (Å²) < 4.78 is 5.40. The summed E-state index contributed by atoms with van der Waals surface area (Å²) >= 11 is 0. The number of ether oxygens (including phenoxy) is 1. The summed E-state index contributed by atoms with van der Waals surface area (Å²) in [5.41, 5.74) is 1.65. The van der Waals surface area contributed by atoms with Gasteiger partial charge in [-0.05, 0) is 23.8 Å². The molecule has 0 aliphatic rings. The first kappa shape index (κ1) is 13.8. The molecule has 0 aliphatic heterocycles. The summed E-state index contributed by atoms with van der Waals surface area (Å²) in [5, 5.41) is 0. The van der Waals surface area contributed by atoms with Crippen LogP contribution < -0.4 is 4.74 Å². The summed E-state index contributed by atoms with van der Waals surface area (Å²) in [4.78, 5) is 11.9. The molecule has 100 valence electrons. The van der Waals surface area contributed by atoms with E-state index in [0.29, 0.717) is 12.2 Å². The van der Waals surface area contributed by atoms with Gasteiger partial charge in [-0.2, -0.15) is 0 Å². The van der Waals surface area contributed by atoms with Gasteiger partial charge in [-0.1, -0.05) is 61.2 Å². The Morgan fingerprint density at radius 2 is 1.75 bits per heavy atom. The minimum absolute atomic E-state index is 0.00224. The molecule has 0 saturated carbocycles. The molecule has 2 heteroatoms. The average Bonchev–Trinajstić information content (AvgIpc) is 2.52. The van der Waals surface area contributed by atoms with Crippen LogP contribution in [0.4, 0.5) is 0 Å². The van der Waals surface area contributed by atoms with Gasteiger partial charge in [0.05, 0.1) is 0 Å². The highest BCUT2D eigenvalue weighted by molar-refractivity contribution is 6.06. The quantitative estimate of drug-likeness (QED) is 0.445. The minimum atomic E-state index is -0.00224. The Labute approximate surface area is 119 Å². The van der Waals surface area contributed by atoms with E-state index >= 15 is 0 Å². The lowest BCUT2D eigenvalue weighted by molar-refractivity contribution is 0.104. The van der Waals surface area contributed by atoms with Gasteiger partial charge in [-0.15, -0.1) is 0 Å². The Morgan fingerprint density at radius 1 is 1.05 bits per heavy atom. The van der Waals surface area contributed by atoms with E-state index in [4.69, 9.17) is 4.74 Å². The fourth-order valence-corrected chi connectivity index (χ4v) is 1.70. The summed E-state index contributed by atoms with van der Waals surface area (Å²) in [7, 11) is 0. The number of hydrogen-bond donors (Lipinski definition) is 0. The predicted molar refractivity (Wildman–Crippen MR) is 81.9 cm³/mol. The Kier molecular flexibility index (Phi) is 4.90. The van der Waals surface area contributed by atoms with Crippen molar-refractivity contribution in [3.63, 3.8) is 0 Å². The zero-order valence-corrected chi connectivity index (χ0v) is 11.2. The van der Waals surface area contributed by atoms with Crippen LogP contribution in [0.5, 0.6) is 5.75 Å². The van der Waals surface area contributed by atoms with Crippen molar-refractivity contribution in [3.05, 3.63) is 84.5 Å². The van der Waals surface area contributed by atoms with Gasteiger partial charge in [0.15, 0.2) is 5.78 Å². The first-order chi connectivity index (χ1) is 9.79. The van der Waals surface area contributed by atoms with Crippen LogP contribution in [0.3, 0.4) is 0 Å². The van der Waals surface area contributed by atoms with Gasteiger partial charge >= 0.3 is 0 Å². The maximum atomic E-state index is 11.9. The van der Waals surface area contributed by atoms with Crippen LogP contribution in [-0.4, -0.2) is 12.4 Å². The van der Waals surface area contributed by atoms with E-state index in [1.165, 1.54) is 0 Å². The van der Waals surface area contributed by atoms with E-state index in [0.717, 1.165) is 11.3 Å². The molecule has 0 N–H and O–H groups in total. The SMILES string of the molecule is C=CCOc1ccc(C=CC(=O)c2ccccc2)cc1. The van der Waals surface area contributed by atoms with Crippen LogP contribution in [-0.2, 0) is 0 Å². The lowest BCUT2D eigenvalue weighted by atomic mass is 10.1. The van der Waals surface area contributed by atoms with Crippen LogP contribution >= 0.6 is 0 Å². The van der Waals surface area contributed by atoms with Crippen LogP contribution in [0.2, 0.25) is 0 Å². The number of rotatable bonds is 6. The van der Waals surface area contributed by atoms with Gasteiger partial charge in [-0.25, -0.2) is 0 Å². The highest BCUT2D eigenvalue weighted by Crippen LogP contribution is 2.13. The molecule has 20 heavy (non-hydrogen) atoms. The smallest absolute Gasteiger partial charge is 0.185 e. The number of carbonyl (C=O) groups excluding carboxylic acids is 1. The third-order valence-corrected chi connectivity index (χ3v) is 2.73. The third kappa shape index (κ3) is 3.95. The second-order valence-corrected chi connectivity index (χ2v) is 4.23. The Balaban J connectivity index is 2.01. The van der Waals surface area contributed by atoms with Gasteiger partial charge in [0, 0.05) is 5.56 Å². The minimum Gasteiger partial charge on any atom is -0.490 e. The normalized spacial score (nSPS) is 10.4. The fourth-order valence-electron chi connectivity index (χ4n) is 1.70. The molecule has 2 aromatic rings. The molecule has 0 radical (unpaired) electrons. The van der Waals surface area contributed by atoms with Crippen molar-refractivity contribution < 1.29 is 9.53 Å². The van der Waals surface area contributed by atoms with Crippen LogP contribution in [0.15, 0.2) is 73.3 Å². The second kappa shape index (κ2) is 7.10.